The van der Waals surface area contributed by atoms with Gasteiger partial charge in [0.15, 0.2) is 0 Å². The molecule has 0 atom stereocenters. The Morgan fingerprint density at radius 3 is 2.68 bits per heavy atom. The van der Waals surface area contributed by atoms with Crippen molar-refractivity contribution in [3.63, 3.8) is 0 Å². The van der Waals surface area contributed by atoms with Crippen LogP contribution in [0.5, 0.6) is 0 Å². The zero-order chi connectivity index (χ0) is 14.0. The molecule has 19 heavy (non-hydrogen) atoms. The molecule has 0 unspecified atom stereocenters. The van der Waals surface area contributed by atoms with Gasteiger partial charge in [-0.15, -0.1) is 0 Å². The topological polar surface area (TPSA) is 52.0 Å². The quantitative estimate of drug-likeness (QED) is 0.930. The van der Waals surface area contributed by atoms with E-state index in [0.29, 0.717) is 5.56 Å². The Labute approximate surface area is 117 Å². The van der Waals surface area contributed by atoms with Crippen LogP contribution < -0.4 is 10.2 Å². The second-order valence-electron chi connectivity index (χ2n) is 4.60. The van der Waals surface area contributed by atoms with E-state index in [1.165, 1.54) is 17.1 Å². The van der Waals surface area contributed by atoms with Crippen LogP contribution in [0.15, 0.2) is 18.2 Å². The molecular formula is C14H16N4S. The van der Waals surface area contributed by atoms with E-state index in [1.807, 2.05) is 27.1 Å². The molecule has 0 bridgehead atoms. The Bertz CT molecular complexity index is 637. The zero-order valence-electron chi connectivity index (χ0n) is 11.5. The number of rotatable bonds is 3. The number of hydrogen-bond acceptors (Lipinski definition) is 5. The molecule has 1 aromatic heterocycles. The first-order valence-corrected chi connectivity index (χ1v) is 6.71. The Morgan fingerprint density at radius 1 is 1.32 bits per heavy atom. The van der Waals surface area contributed by atoms with E-state index >= 15 is 0 Å². The molecule has 1 N–H and O–H groups in total. The summed E-state index contributed by atoms with van der Waals surface area (Å²) < 4.78 is 4.20. The number of nitrogens with one attached hydrogen (secondary N) is 1. The summed E-state index contributed by atoms with van der Waals surface area (Å²) in [6.45, 7) is 3.93. The van der Waals surface area contributed by atoms with Gasteiger partial charge in [-0.2, -0.15) is 9.64 Å². The molecule has 0 amide bonds. The molecule has 5 heteroatoms. The van der Waals surface area contributed by atoms with E-state index in [-0.39, 0.29) is 0 Å². The van der Waals surface area contributed by atoms with Gasteiger partial charge in [0.05, 0.1) is 5.69 Å². The lowest BCUT2D eigenvalue weighted by molar-refractivity contribution is 1.11. The summed E-state index contributed by atoms with van der Waals surface area (Å²) in [6, 6.07) is 8.34. The highest BCUT2D eigenvalue weighted by atomic mass is 32.1. The molecule has 2 rings (SSSR count). The molecule has 0 fully saturated rings. The minimum absolute atomic E-state index is 0.622. The monoisotopic (exact) mass is 272 g/mol. The van der Waals surface area contributed by atoms with Gasteiger partial charge < -0.3 is 10.2 Å². The maximum Gasteiger partial charge on any atom is 0.132 e. The highest BCUT2D eigenvalue weighted by Gasteiger charge is 2.11. The number of nitriles is 1. The smallest absolute Gasteiger partial charge is 0.132 e. The van der Waals surface area contributed by atoms with Gasteiger partial charge in [-0.05, 0) is 43.1 Å². The van der Waals surface area contributed by atoms with Crippen molar-refractivity contribution in [2.24, 2.45) is 0 Å². The lowest BCUT2D eigenvalue weighted by Crippen LogP contribution is -2.10. The zero-order valence-corrected chi connectivity index (χ0v) is 12.3. The number of benzene rings is 1. The van der Waals surface area contributed by atoms with Gasteiger partial charge in [0.25, 0.3) is 0 Å². The molecule has 2 aromatic rings. The molecule has 0 aliphatic carbocycles. The molecule has 1 aromatic carbocycles. The summed E-state index contributed by atoms with van der Waals surface area (Å²) in [6.07, 6.45) is 0. The first-order valence-electron chi connectivity index (χ1n) is 5.94. The average molecular weight is 272 g/mol. The Hall–Kier alpha value is -2.06. The molecule has 0 saturated heterocycles. The maximum atomic E-state index is 9.12. The third-order valence-corrected chi connectivity index (χ3v) is 3.78. The van der Waals surface area contributed by atoms with E-state index in [4.69, 9.17) is 5.26 Å². The van der Waals surface area contributed by atoms with Crippen molar-refractivity contribution in [2.45, 2.75) is 13.8 Å². The third kappa shape index (κ3) is 2.69. The summed E-state index contributed by atoms with van der Waals surface area (Å²) in [5, 5.41) is 13.2. The molecule has 0 spiro atoms. The highest BCUT2D eigenvalue weighted by Crippen LogP contribution is 2.29. The van der Waals surface area contributed by atoms with Gasteiger partial charge in [0, 0.05) is 25.5 Å². The summed E-state index contributed by atoms with van der Waals surface area (Å²) in [4.78, 5) is 2.07. The van der Waals surface area contributed by atoms with Gasteiger partial charge >= 0.3 is 0 Å². The molecular weight excluding hydrogens is 256 g/mol. The van der Waals surface area contributed by atoms with Crippen LogP contribution in [0.3, 0.4) is 0 Å². The normalized spacial score (nSPS) is 10.1. The predicted molar refractivity (Wildman–Crippen MR) is 80.4 cm³/mol. The fourth-order valence-electron chi connectivity index (χ4n) is 1.89. The Kier molecular flexibility index (Phi) is 3.72. The van der Waals surface area contributed by atoms with Gasteiger partial charge in [-0.3, -0.25) is 0 Å². The van der Waals surface area contributed by atoms with E-state index in [2.05, 4.69) is 39.7 Å². The van der Waals surface area contributed by atoms with Crippen LogP contribution in [0.25, 0.3) is 0 Å². The van der Waals surface area contributed by atoms with Crippen molar-refractivity contribution in [3.05, 3.63) is 35.0 Å². The van der Waals surface area contributed by atoms with Crippen LogP contribution in [0.2, 0.25) is 0 Å². The van der Waals surface area contributed by atoms with Crippen LogP contribution in [0, 0.1) is 25.2 Å². The molecule has 1 heterocycles. The molecule has 0 saturated carbocycles. The first-order chi connectivity index (χ1) is 9.02. The van der Waals surface area contributed by atoms with Crippen LogP contribution in [-0.4, -0.2) is 18.5 Å². The lowest BCUT2D eigenvalue weighted by Gasteiger charge is -2.17. The Morgan fingerprint density at radius 2 is 2.05 bits per heavy atom. The van der Waals surface area contributed by atoms with Gasteiger partial charge in [-0.1, -0.05) is 6.07 Å². The summed E-state index contributed by atoms with van der Waals surface area (Å²) in [5.41, 5.74) is 4.74. The first kappa shape index (κ1) is 13.4. The number of aromatic nitrogens is 1. The molecule has 0 radical (unpaired) electrons. The number of hydrogen-bond donors (Lipinski definition) is 1. The second kappa shape index (κ2) is 5.29. The standard InChI is InChI=1S/C14H16N4S/c1-9-5-6-11(7-13(9)18(3)4)16-14-12(8-15)10(2)17-19-14/h5-7,16H,1-4H3. The number of anilines is 3. The fourth-order valence-corrected chi connectivity index (χ4v) is 2.65. The van der Waals surface area contributed by atoms with E-state index in [1.54, 1.807) is 0 Å². The van der Waals surface area contributed by atoms with Crippen molar-refractivity contribution in [2.75, 3.05) is 24.3 Å². The Balaban J connectivity index is 2.34. The molecule has 0 aliphatic rings. The maximum absolute atomic E-state index is 9.12. The highest BCUT2D eigenvalue weighted by molar-refractivity contribution is 7.10. The van der Waals surface area contributed by atoms with Gasteiger partial charge in [0.1, 0.15) is 16.6 Å². The minimum atomic E-state index is 0.622. The largest absolute Gasteiger partial charge is 0.377 e. The van der Waals surface area contributed by atoms with E-state index in [0.717, 1.165) is 22.1 Å². The van der Waals surface area contributed by atoms with Crippen molar-refractivity contribution in [3.8, 4) is 6.07 Å². The average Bonchev–Trinajstić information content (AvgIpc) is 2.72. The van der Waals surface area contributed by atoms with Crippen LogP contribution in [0.1, 0.15) is 16.8 Å². The van der Waals surface area contributed by atoms with Crippen LogP contribution >= 0.6 is 11.5 Å². The van der Waals surface area contributed by atoms with Gasteiger partial charge in [-0.25, -0.2) is 0 Å². The van der Waals surface area contributed by atoms with E-state index in [9.17, 15) is 0 Å². The van der Waals surface area contributed by atoms with E-state index < -0.39 is 0 Å². The fraction of sp³-hybridized carbons (Fsp3) is 0.286. The van der Waals surface area contributed by atoms with Crippen molar-refractivity contribution in [1.29, 1.82) is 5.26 Å². The van der Waals surface area contributed by atoms with Crippen LogP contribution in [0.4, 0.5) is 16.4 Å². The summed E-state index contributed by atoms with van der Waals surface area (Å²) in [7, 11) is 4.04. The number of nitrogens with zero attached hydrogens (tertiary/aromatic N) is 3. The van der Waals surface area contributed by atoms with Crippen molar-refractivity contribution >= 4 is 27.9 Å². The molecule has 98 valence electrons. The SMILES string of the molecule is Cc1ccc(Nc2snc(C)c2C#N)cc1N(C)C. The van der Waals surface area contributed by atoms with Gasteiger partial charge in [0.2, 0.25) is 0 Å². The summed E-state index contributed by atoms with van der Waals surface area (Å²) in [5.74, 6) is 0. The minimum Gasteiger partial charge on any atom is -0.377 e. The second-order valence-corrected chi connectivity index (χ2v) is 5.38. The lowest BCUT2D eigenvalue weighted by atomic mass is 10.1. The predicted octanol–water partition coefficient (Wildman–Crippen LogP) is 3.44. The number of aryl methyl sites for hydroxylation is 2. The van der Waals surface area contributed by atoms with Crippen molar-refractivity contribution < 1.29 is 0 Å². The third-order valence-electron chi connectivity index (χ3n) is 2.92. The molecule has 0 aliphatic heterocycles. The molecule has 4 nitrogen and oxygen atoms in total. The summed E-state index contributed by atoms with van der Waals surface area (Å²) >= 11 is 1.32. The van der Waals surface area contributed by atoms with Crippen molar-refractivity contribution in [1.82, 2.24) is 4.37 Å². The van der Waals surface area contributed by atoms with Crippen LogP contribution in [-0.2, 0) is 0 Å².